The van der Waals surface area contributed by atoms with Crippen molar-refractivity contribution in [2.45, 2.75) is 24.3 Å². The molecule has 1 aromatic carbocycles. The quantitative estimate of drug-likeness (QED) is 0.785. The summed E-state index contributed by atoms with van der Waals surface area (Å²) in [5.74, 6) is -1.01. The van der Waals surface area contributed by atoms with E-state index in [-0.39, 0.29) is 17.3 Å². The van der Waals surface area contributed by atoms with Crippen LogP contribution in [0, 0.1) is 5.82 Å². The fourth-order valence-corrected chi connectivity index (χ4v) is 3.23. The summed E-state index contributed by atoms with van der Waals surface area (Å²) < 4.78 is 45.2. The molecule has 0 bridgehead atoms. The van der Waals surface area contributed by atoms with Crippen LogP contribution in [-0.4, -0.2) is 28.2 Å². The van der Waals surface area contributed by atoms with E-state index in [9.17, 15) is 12.8 Å². The van der Waals surface area contributed by atoms with Crippen molar-refractivity contribution >= 4 is 27.3 Å². The number of halogens is 2. The Morgan fingerprint density at radius 2 is 2.16 bits per heavy atom. The second-order valence-electron chi connectivity index (χ2n) is 3.99. The highest BCUT2D eigenvalue weighted by Gasteiger charge is 2.24. The molecular formula is C11H16ClFN2O3S. The molecule has 0 aliphatic heterocycles. The Bertz CT molecular complexity index is 551. The molecule has 1 atom stereocenters. The Kier molecular flexibility index (Phi) is 5.54. The van der Waals surface area contributed by atoms with Crippen LogP contribution in [0.3, 0.4) is 0 Å². The first-order valence-corrected chi connectivity index (χ1v) is 7.43. The number of hydrogen-bond donors (Lipinski definition) is 2. The lowest BCUT2D eigenvalue weighted by atomic mass is 10.3. The molecule has 108 valence electrons. The highest BCUT2D eigenvalue weighted by Crippen LogP contribution is 2.25. The third-order valence-electron chi connectivity index (χ3n) is 2.50. The second kappa shape index (κ2) is 6.51. The minimum Gasteiger partial charge on any atom is -0.396 e. The lowest BCUT2D eigenvalue weighted by molar-refractivity contribution is 0.173. The van der Waals surface area contributed by atoms with Gasteiger partial charge in [0, 0.05) is 18.2 Å². The maximum atomic E-state index is 13.8. The summed E-state index contributed by atoms with van der Waals surface area (Å²) in [6.45, 7) is 1.97. The zero-order chi connectivity index (χ0) is 14.6. The smallest absolute Gasteiger partial charge is 0.243 e. The number of nitrogens with one attached hydrogen (secondary N) is 1. The van der Waals surface area contributed by atoms with Crippen LogP contribution in [0.2, 0.25) is 5.02 Å². The highest BCUT2D eigenvalue weighted by molar-refractivity contribution is 7.89. The van der Waals surface area contributed by atoms with Gasteiger partial charge in [0.05, 0.1) is 12.3 Å². The van der Waals surface area contributed by atoms with Crippen LogP contribution in [0.5, 0.6) is 0 Å². The van der Waals surface area contributed by atoms with Crippen LogP contribution in [0.1, 0.15) is 13.3 Å². The predicted octanol–water partition coefficient (Wildman–Crippen LogP) is 1.76. The molecule has 0 fully saturated rings. The molecule has 0 saturated heterocycles. The molecule has 0 amide bonds. The van der Waals surface area contributed by atoms with E-state index in [2.05, 4.69) is 4.72 Å². The average molecular weight is 311 g/mol. The number of benzene rings is 1. The number of ether oxygens (including phenoxy) is 1. The Morgan fingerprint density at radius 1 is 1.53 bits per heavy atom. The van der Waals surface area contributed by atoms with Gasteiger partial charge in [-0.2, -0.15) is 0 Å². The topological polar surface area (TPSA) is 81.4 Å². The molecule has 0 aliphatic rings. The standard InChI is InChI=1S/C11H16ClFN2O3S/c1-3-8(6-18-2)15-19(16,17)10-5-7(12)4-9(14)11(10)13/h4-5,8,15H,3,6,14H2,1-2H3. The molecule has 8 heteroatoms. The molecule has 0 radical (unpaired) electrons. The van der Waals surface area contributed by atoms with E-state index >= 15 is 0 Å². The van der Waals surface area contributed by atoms with E-state index in [4.69, 9.17) is 22.1 Å². The van der Waals surface area contributed by atoms with Crippen molar-refractivity contribution in [2.24, 2.45) is 0 Å². The van der Waals surface area contributed by atoms with E-state index < -0.39 is 26.8 Å². The Balaban J connectivity index is 3.13. The van der Waals surface area contributed by atoms with Crippen molar-refractivity contribution in [3.63, 3.8) is 0 Å². The van der Waals surface area contributed by atoms with E-state index in [0.29, 0.717) is 6.42 Å². The fraction of sp³-hybridized carbons (Fsp3) is 0.455. The van der Waals surface area contributed by atoms with Crippen molar-refractivity contribution in [1.29, 1.82) is 0 Å². The summed E-state index contributed by atoms with van der Waals surface area (Å²) in [7, 11) is -2.59. The molecule has 5 nitrogen and oxygen atoms in total. The number of nitrogens with two attached hydrogens (primary N) is 1. The van der Waals surface area contributed by atoms with Crippen molar-refractivity contribution in [3.05, 3.63) is 23.0 Å². The van der Waals surface area contributed by atoms with Gasteiger partial charge in [0.25, 0.3) is 0 Å². The summed E-state index contributed by atoms with van der Waals surface area (Å²) in [5, 5.41) is 0.0547. The first-order chi connectivity index (χ1) is 8.81. The first kappa shape index (κ1) is 16.2. The first-order valence-electron chi connectivity index (χ1n) is 5.57. The molecular weight excluding hydrogens is 295 g/mol. The predicted molar refractivity (Wildman–Crippen MR) is 72.1 cm³/mol. The van der Waals surface area contributed by atoms with Crippen LogP contribution in [-0.2, 0) is 14.8 Å². The van der Waals surface area contributed by atoms with Crippen LogP contribution in [0.25, 0.3) is 0 Å². The molecule has 1 aromatic rings. The molecule has 19 heavy (non-hydrogen) atoms. The number of methoxy groups -OCH3 is 1. The molecule has 1 unspecified atom stereocenters. The van der Waals surface area contributed by atoms with Gasteiger partial charge in [-0.15, -0.1) is 0 Å². The van der Waals surface area contributed by atoms with E-state index in [1.807, 2.05) is 0 Å². The third kappa shape index (κ3) is 4.04. The van der Waals surface area contributed by atoms with Gasteiger partial charge in [-0.3, -0.25) is 0 Å². The van der Waals surface area contributed by atoms with Crippen molar-refractivity contribution in [2.75, 3.05) is 19.5 Å². The Hall–Kier alpha value is -0.890. The lowest BCUT2D eigenvalue weighted by Crippen LogP contribution is -2.37. The van der Waals surface area contributed by atoms with E-state index in [1.54, 1.807) is 6.92 Å². The minimum atomic E-state index is -4.04. The Morgan fingerprint density at radius 3 is 2.68 bits per heavy atom. The normalized spacial score (nSPS) is 13.5. The summed E-state index contributed by atoms with van der Waals surface area (Å²) in [6.07, 6.45) is 0.505. The second-order valence-corrected chi connectivity index (χ2v) is 6.11. The molecule has 0 spiro atoms. The number of anilines is 1. The summed E-state index contributed by atoms with van der Waals surface area (Å²) in [6, 6.07) is 1.73. The average Bonchev–Trinajstić information content (AvgIpc) is 2.32. The largest absolute Gasteiger partial charge is 0.396 e. The van der Waals surface area contributed by atoms with Gasteiger partial charge in [0.1, 0.15) is 4.90 Å². The van der Waals surface area contributed by atoms with Crippen LogP contribution < -0.4 is 10.5 Å². The van der Waals surface area contributed by atoms with Gasteiger partial charge >= 0.3 is 0 Å². The number of rotatable bonds is 6. The SMILES string of the molecule is CCC(COC)NS(=O)(=O)c1cc(Cl)cc(N)c1F. The number of nitrogen functional groups attached to an aromatic ring is 1. The molecule has 1 rings (SSSR count). The molecule has 0 heterocycles. The third-order valence-corrected chi connectivity index (χ3v) is 4.24. The molecule has 0 aliphatic carbocycles. The van der Waals surface area contributed by atoms with Gasteiger partial charge in [-0.25, -0.2) is 17.5 Å². The number of sulfonamides is 1. The Labute approximate surface area is 116 Å². The maximum absolute atomic E-state index is 13.8. The minimum absolute atomic E-state index is 0.0547. The van der Waals surface area contributed by atoms with E-state index in [1.165, 1.54) is 7.11 Å². The number of hydrogen-bond acceptors (Lipinski definition) is 4. The van der Waals surface area contributed by atoms with E-state index in [0.717, 1.165) is 12.1 Å². The van der Waals surface area contributed by atoms with Crippen LogP contribution in [0.15, 0.2) is 17.0 Å². The summed E-state index contributed by atoms with van der Waals surface area (Å²) >= 11 is 5.70. The van der Waals surface area contributed by atoms with Crippen LogP contribution >= 0.6 is 11.6 Å². The zero-order valence-corrected chi connectivity index (χ0v) is 12.2. The lowest BCUT2D eigenvalue weighted by Gasteiger charge is -2.17. The van der Waals surface area contributed by atoms with Crippen molar-refractivity contribution in [1.82, 2.24) is 4.72 Å². The molecule has 0 aromatic heterocycles. The zero-order valence-electron chi connectivity index (χ0n) is 10.6. The summed E-state index contributed by atoms with van der Waals surface area (Å²) in [4.78, 5) is -0.563. The van der Waals surface area contributed by atoms with Gasteiger partial charge in [-0.05, 0) is 18.6 Å². The fourth-order valence-electron chi connectivity index (χ4n) is 1.50. The van der Waals surface area contributed by atoms with Crippen LogP contribution in [0.4, 0.5) is 10.1 Å². The van der Waals surface area contributed by atoms with Gasteiger partial charge < -0.3 is 10.5 Å². The van der Waals surface area contributed by atoms with Gasteiger partial charge in [0.2, 0.25) is 10.0 Å². The molecule has 0 saturated carbocycles. The maximum Gasteiger partial charge on any atom is 0.243 e. The monoisotopic (exact) mass is 310 g/mol. The van der Waals surface area contributed by atoms with Gasteiger partial charge in [0.15, 0.2) is 5.82 Å². The van der Waals surface area contributed by atoms with Crippen molar-refractivity contribution in [3.8, 4) is 0 Å². The highest BCUT2D eigenvalue weighted by atomic mass is 35.5. The summed E-state index contributed by atoms with van der Waals surface area (Å²) in [5.41, 5.74) is 5.05. The molecule has 3 N–H and O–H groups in total. The van der Waals surface area contributed by atoms with Gasteiger partial charge in [-0.1, -0.05) is 18.5 Å². The van der Waals surface area contributed by atoms with Crippen molar-refractivity contribution < 1.29 is 17.5 Å².